The molecule has 228 valence electrons. The number of aliphatic hydroxyl groups is 4. The first-order valence-electron chi connectivity index (χ1n) is 13.6. The molecule has 0 aliphatic carbocycles. The van der Waals surface area contributed by atoms with E-state index in [1.54, 1.807) is 28.5 Å². The molecule has 0 aliphatic heterocycles. The van der Waals surface area contributed by atoms with Crippen LogP contribution in [0.5, 0.6) is 0 Å². The van der Waals surface area contributed by atoms with Crippen LogP contribution < -0.4 is 5.32 Å². The second kappa shape index (κ2) is 15.3. The molecule has 0 saturated carbocycles. The number of halogens is 1. The molecule has 10 nitrogen and oxygen atoms in total. The molecule has 0 spiro atoms. The first kappa shape index (κ1) is 33.2. The topological polar surface area (TPSA) is 165 Å². The van der Waals surface area contributed by atoms with Gasteiger partial charge in [-0.1, -0.05) is 26.0 Å². The van der Waals surface area contributed by atoms with Gasteiger partial charge in [-0.05, 0) is 67.0 Å². The Morgan fingerprint density at radius 2 is 1.67 bits per heavy atom. The summed E-state index contributed by atoms with van der Waals surface area (Å²) in [6, 6.07) is 11.7. The summed E-state index contributed by atoms with van der Waals surface area (Å²) in [7, 11) is 0. The number of rotatable bonds is 15. The van der Waals surface area contributed by atoms with Crippen molar-refractivity contribution < 1.29 is 39.5 Å². The number of imidazole rings is 1. The highest BCUT2D eigenvalue weighted by Crippen LogP contribution is 2.30. The molecule has 42 heavy (non-hydrogen) atoms. The SMILES string of the molecule is CSc1ccc(C(O)C(CO)NC(=O)c2nc(-c3ccc(F)cc3)n(CC[C@@H](O)C[C@@H](O)CC(=O)O)c2C(C)C)cc1. The van der Waals surface area contributed by atoms with E-state index >= 15 is 0 Å². The fraction of sp³-hybridized carbons (Fsp3) is 0.433. The molecule has 4 atom stereocenters. The number of amides is 1. The molecule has 3 rings (SSSR count). The van der Waals surface area contributed by atoms with E-state index in [9.17, 15) is 34.4 Å². The lowest BCUT2D eigenvalue weighted by Gasteiger charge is -2.23. The van der Waals surface area contributed by atoms with Gasteiger partial charge < -0.3 is 35.4 Å². The molecular weight excluding hydrogens is 565 g/mol. The zero-order chi connectivity index (χ0) is 31.0. The number of carboxylic acids is 1. The molecule has 1 amide bonds. The second-order valence-electron chi connectivity index (χ2n) is 10.4. The van der Waals surface area contributed by atoms with E-state index in [0.29, 0.717) is 22.6 Å². The Bertz CT molecular complexity index is 1330. The van der Waals surface area contributed by atoms with Crippen LogP contribution in [-0.2, 0) is 11.3 Å². The molecule has 2 unspecified atom stereocenters. The summed E-state index contributed by atoms with van der Waals surface area (Å²) < 4.78 is 15.5. The molecule has 0 bridgehead atoms. The smallest absolute Gasteiger partial charge is 0.305 e. The third-order valence-electron chi connectivity index (χ3n) is 6.86. The molecule has 0 radical (unpaired) electrons. The van der Waals surface area contributed by atoms with Crippen molar-refractivity contribution >= 4 is 23.6 Å². The Morgan fingerprint density at radius 1 is 1.02 bits per heavy atom. The highest BCUT2D eigenvalue weighted by atomic mass is 32.2. The van der Waals surface area contributed by atoms with Gasteiger partial charge in [0.1, 0.15) is 23.4 Å². The van der Waals surface area contributed by atoms with Crippen LogP contribution in [0.2, 0.25) is 0 Å². The number of carbonyl (C=O) groups is 2. The summed E-state index contributed by atoms with van der Waals surface area (Å²) in [5.41, 5.74) is 1.60. The third kappa shape index (κ3) is 8.62. The lowest BCUT2D eigenvalue weighted by molar-refractivity contribution is -0.139. The summed E-state index contributed by atoms with van der Waals surface area (Å²) >= 11 is 1.54. The highest BCUT2D eigenvalue weighted by molar-refractivity contribution is 7.98. The van der Waals surface area contributed by atoms with E-state index in [1.165, 1.54) is 24.3 Å². The van der Waals surface area contributed by atoms with Crippen LogP contribution in [0.15, 0.2) is 53.4 Å². The molecule has 1 heterocycles. The van der Waals surface area contributed by atoms with Crippen molar-refractivity contribution in [2.45, 2.75) is 74.8 Å². The van der Waals surface area contributed by atoms with Crippen LogP contribution in [-0.4, -0.2) is 78.1 Å². The van der Waals surface area contributed by atoms with Crippen LogP contribution in [0, 0.1) is 5.82 Å². The molecule has 1 aromatic heterocycles. The Morgan fingerprint density at radius 3 is 2.21 bits per heavy atom. The zero-order valence-corrected chi connectivity index (χ0v) is 24.6. The summed E-state index contributed by atoms with van der Waals surface area (Å²) in [6.45, 7) is 3.34. The van der Waals surface area contributed by atoms with Crippen molar-refractivity contribution in [3.8, 4) is 11.4 Å². The van der Waals surface area contributed by atoms with Crippen LogP contribution >= 0.6 is 11.8 Å². The van der Waals surface area contributed by atoms with Gasteiger partial charge in [-0.25, -0.2) is 9.37 Å². The van der Waals surface area contributed by atoms with Gasteiger partial charge in [0.2, 0.25) is 0 Å². The van der Waals surface area contributed by atoms with Crippen molar-refractivity contribution in [3.63, 3.8) is 0 Å². The van der Waals surface area contributed by atoms with Crippen LogP contribution in [0.1, 0.15) is 66.9 Å². The van der Waals surface area contributed by atoms with Gasteiger partial charge in [-0.3, -0.25) is 9.59 Å². The first-order valence-corrected chi connectivity index (χ1v) is 14.9. The number of thioether (sulfide) groups is 1. The van der Waals surface area contributed by atoms with Gasteiger partial charge >= 0.3 is 5.97 Å². The van der Waals surface area contributed by atoms with Gasteiger partial charge in [0.05, 0.1) is 37.0 Å². The quantitative estimate of drug-likeness (QED) is 0.143. The molecule has 0 fully saturated rings. The molecule has 12 heteroatoms. The van der Waals surface area contributed by atoms with Gasteiger partial charge in [0.15, 0.2) is 0 Å². The minimum absolute atomic E-state index is 0.0492. The Kier molecular flexibility index (Phi) is 12.1. The maximum absolute atomic E-state index is 13.7. The van der Waals surface area contributed by atoms with Crippen LogP contribution in [0.3, 0.4) is 0 Å². The number of aromatic nitrogens is 2. The van der Waals surface area contributed by atoms with Gasteiger partial charge in [0, 0.05) is 17.0 Å². The number of aliphatic hydroxyl groups excluding tert-OH is 4. The molecule has 0 saturated heterocycles. The standard InChI is InChI=1S/C30H38FN3O7S/c1-17(2)27-26(30(41)32-24(16-35)28(40)18-6-10-23(42-3)11-7-18)33-29(19-4-8-20(31)9-5-19)34(27)13-12-21(36)14-22(37)15-25(38)39/h4-11,17,21-22,24,28,35-37,40H,12-16H2,1-3H3,(H,32,41)(H,38,39)/t21-,22-,24?,28?/m1/s1. The number of hydrogen-bond donors (Lipinski definition) is 6. The third-order valence-corrected chi connectivity index (χ3v) is 7.61. The van der Waals surface area contributed by atoms with Crippen molar-refractivity contribution in [2.24, 2.45) is 0 Å². The molecule has 0 aliphatic rings. The number of benzene rings is 2. The van der Waals surface area contributed by atoms with E-state index in [4.69, 9.17) is 5.11 Å². The fourth-order valence-electron chi connectivity index (χ4n) is 4.75. The second-order valence-corrected chi connectivity index (χ2v) is 11.3. The minimum atomic E-state index is -1.22. The van der Waals surface area contributed by atoms with Crippen molar-refractivity contribution in [2.75, 3.05) is 12.9 Å². The van der Waals surface area contributed by atoms with Crippen LogP contribution in [0.25, 0.3) is 11.4 Å². The largest absolute Gasteiger partial charge is 0.481 e. The number of aliphatic carboxylic acids is 1. The summed E-state index contributed by atoms with van der Waals surface area (Å²) in [5, 5.41) is 53.0. The zero-order valence-electron chi connectivity index (χ0n) is 23.8. The highest BCUT2D eigenvalue weighted by Gasteiger charge is 2.29. The van der Waals surface area contributed by atoms with Crippen molar-refractivity contribution in [1.82, 2.24) is 14.9 Å². The van der Waals surface area contributed by atoms with E-state index in [1.807, 2.05) is 32.2 Å². The predicted octanol–water partition coefficient (Wildman–Crippen LogP) is 3.34. The summed E-state index contributed by atoms with van der Waals surface area (Å²) in [5.74, 6) is -2.15. The number of nitrogens with zero attached hydrogens (tertiary/aromatic N) is 2. The van der Waals surface area contributed by atoms with Gasteiger partial charge in [-0.15, -0.1) is 11.8 Å². The summed E-state index contributed by atoms with van der Waals surface area (Å²) in [4.78, 5) is 30.1. The molecule has 3 aromatic rings. The average Bonchev–Trinajstić information content (AvgIpc) is 3.34. The lowest BCUT2D eigenvalue weighted by Crippen LogP contribution is -2.42. The maximum atomic E-state index is 13.7. The van der Waals surface area contributed by atoms with Crippen LogP contribution in [0.4, 0.5) is 4.39 Å². The maximum Gasteiger partial charge on any atom is 0.305 e. The number of hydrogen-bond acceptors (Lipinski definition) is 8. The Balaban J connectivity index is 1.94. The monoisotopic (exact) mass is 603 g/mol. The lowest BCUT2D eigenvalue weighted by atomic mass is 10.0. The van der Waals surface area contributed by atoms with Crippen molar-refractivity contribution in [3.05, 3.63) is 71.3 Å². The summed E-state index contributed by atoms with van der Waals surface area (Å²) in [6.07, 6.45) is -2.05. The Hall–Kier alpha value is -3.29. The van der Waals surface area contributed by atoms with E-state index in [0.717, 1.165) is 4.90 Å². The van der Waals surface area contributed by atoms with Gasteiger partial charge in [-0.2, -0.15) is 0 Å². The molecule has 6 N–H and O–H groups in total. The number of nitrogens with one attached hydrogen (secondary N) is 1. The predicted molar refractivity (Wildman–Crippen MR) is 157 cm³/mol. The molecular formula is C30H38FN3O7S. The average molecular weight is 604 g/mol. The number of carboxylic acid groups (broad SMARTS) is 1. The van der Waals surface area contributed by atoms with E-state index in [-0.39, 0.29) is 31.0 Å². The Labute approximate surface area is 248 Å². The number of carbonyl (C=O) groups excluding carboxylic acids is 1. The molecule has 2 aromatic carbocycles. The normalized spacial score (nSPS) is 14.4. The van der Waals surface area contributed by atoms with Gasteiger partial charge in [0.25, 0.3) is 5.91 Å². The fourth-order valence-corrected chi connectivity index (χ4v) is 5.16. The van der Waals surface area contributed by atoms with E-state index < -0.39 is 55.1 Å². The minimum Gasteiger partial charge on any atom is -0.481 e. The first-order chi connectivity index (χ1) is 19.9. The van der Waals surface area contributed by atoms with E-state index in [2.05, 4.69) is 10.3 Å². The van der Waals surface area contributed by atoms with Crippen molar-refractivity contribution in [1.29, 1.82) is 0 Å².